The Morgan fingerprint density at radius 2 is 2.11 bits per heavy atom. The van der Waals surface area contributed by atoms with Gasteiger partial charge in [-0.1, -0.05) is 6.92 Å². The van der Waals surface area contributed by atoms with E-state index in [9.17, 15) is 13.6 Å². The van der Waals surface area contributed by atoms with Crippen molar-refractivity contribution < 1.29 is 23.0 Å². The minimum Gasteiger partial charge on any atom is -0.490 e. The molecule has 0 aromatic heterocycles. The molecule has 2 rings (SSSR count). The lowest BCUT2D eigenvalue weighted by atomic mass is 9.84. The molecule has 0 bridgehead atoms. The van der Waals surface area contributed by atoms with E-state index in [1.807, 2.05) is 0 Å². The van der Waals surface area contributed by atoms with Crippen LogP contribution >= 0.6 is 0 Å². The van der Waals surface area contributed by atoms with Gasteiger partial charge in [0.15, 0.2) is 11.6 Å². The molecule has 18 heavy (non-hydrogen) atoms. The number of hydrogen-bond donors (Lipinski definition) is 0. The second-order valence-corrected chi connectivity index (χ2v) is 4.29. The Kier molecular flexibility index (Phi) is 3.50. The average Bonchev–Trinajstić information content (AvgIpc) is 2.34. The van der Waals surface area contributed by atoms with Gasteiger partial charge in [0.1, 0.15) is 5.82 Å². The molecule has 2 atom stereocenters. The molecule has 0 N–H and O–H groups in total. The summed E-state index contributed by atoms with van der Waals surface area (Å²) in [5, 5.41) is 0. The Balaban J connectivity index is 2.50. The zero-order valence-corrected chi connectivity index (χ0v) is 10.2. The van der Waals surface area contributed by atoms with Gasteiger partial charge in [-0.2, -0.15) is 0 Å². The molecule has 0 fully saturated rings. The van der Waals surface area contributed by atoms with Gasteiger partial charge in [-0.05, 0) is 19.1 Å². The molecular formula is C13H14F2O3. The summed E-state index contributed by atoms with van der Waals surface area (Å²) in [6, 6.07) is 1.99. The predicted molar refractivity (Wildman–Crippen MR) is 60.4 cm³/mol. The van der Waals surface area contributed by atoms with E-state index in [0.717, 1.165) is 12.1 Å². The fraction of sp³-hybridized carbons (Fsp3) is 0.462. The summed E-state index contributed by atoms with van der Waals surface area (Å²) in [6.45, 7) is 3.78. The molecule has 0 saturated carbocycles. The van der Waals surface area contributed by atoms with E-state index in [1.54, 1.807) is 13.8 Å². The second kappa shape index (κ2) is 4.92. The number of rotatable bonds is 2. The van der Waals surface area contributed by atoms with E-state index in [1.165, 1.54) is 0 Å². The standard InChI is InChI=1S/C13H14F2O3/c1-3-17-13(16)10-7(2)6-18-12-9(15)5-4-8(14)11(10)12/h4-5,7,10H,3,6H2,1-2H3. The first-order valence-corrected chi connectivity index (χ1v) is 5.83. The molecule has 1 aromatic carbocycles. The molecular weight excluding hydrogens is 242 g/mol. The van der Waals surface area contributed by atoms with Gasteiger partial charge < -0.3 is 9.47 Å². The van der Waals surface area contributed by atoms with Crippen LogP contribution in [0, 0.1) is 17.6 Å². The maximum absolute atomic E-state index is 13.8. The lowest BCUT2D eigenvalue weighted by Crippen LogP contribution is -2.32. The molecule has 5 heteroatoms. The third kappa shape index (κ3) is 2.05. The van der Waals surface area contributed by atoms with E-state index < -0.39 is 23.5 Å². The fourth-order valence-electron chi connectivity index (χ4n) is 2.16. The Morgan fingerprint density at radius 1 is 1.44 bits per heavy atom. The summed E-state index contributed by atoms with van der Waals surface area (Å²) in [7, 11) is 0. The summed E-state index contributed by atoms with van der Waals surface area (Å²) in [4.78, 5) is 11.9. The van der Waals surface area contributed by atoms with Gasteiger partial charge in [0.05, 0.1) is 19.1 Å². The number of hydrogen-bond acceptors (Lipinski definition) is 3. The molecule has 0 radical (unpaired) electrons. The smallest absolute Gasteiger partial charge is 0.314 e. The highest BCUT2D eigenvalue weighted by molar-refractivity contribution is 5.80. The molecule has 1 heterocycles. The summed E-state index contributed by atoms with van der Waals surface area (Å²) < 4.78 is 37.5. The van der Waals surface area contributed by atoms with Gasteiger partial charge >= 0.3 is 5.97 Å². The fourth-order valence-corrected chi connectivity index (χ4v) is 2.16. The number of esters is 1. The van der Waals surface area contributed by atoms with Crippen molar-refractivity contribution in [1.82, 2.24) is 0 Å². The van der Waals surface area contributed by atoms with Crippen LogP contribution in [0.2, 0.25) is 0 Å². The van der Waals surface area contributed by atoms with Crippen molar-refractivity contribution in [2.45, 2.75) is 19.8 Å². The van der Waals surface area contributed by atoms with E-state index in [4.69, 9.17) is 9.47 Å². The molecule has 1 aliphatic heterocycles. The minimum atomic E-state index is -0.815. The van der Waals surface area contributed by atoms with Gasteiger partial charge in [0.2, 0.25) is 0 Å². The van der Waals surface area contributed by atoms with Gasteiger partial charge in [-0.3, -0.25) is 4.79 Å². The second-order valence-electron chi connectivity index (χ2n) is 4.29. The number of benzene rings is 1. The lowest BCUT2D eigenvalue weighted by molar-refractivity contribution is -0.147. The van der Waals surface area contributed by atoms with Crippen LogP contribution in [-0.2, 0) is 9.53 Å². The number of fused-ring (bicyclic) bond motifs is 1. The molecule has 98 valence electrons. The third-order valence-corrected chi connectivity index (χ3v) is 3.01. The van der Waals surface area contributed by atoms with Crippen LogP contribution < -0.4 is 4.74 Å². The van der Waals surface area contributed by atoms with Crippen molar-refractivity contribution in [2.75, 3.05) is 13.2 Å². The number of carbonyl (C=O) groups is 1. The van der Waals surface area contributed by atoms with Crippen LogP contribution in [0.25, 0.3) is 0 Å². The Labute approximate surface area is 104 Å². The van der Waals surface area contributed by atoms with Crippen molar-refractivity contribution in [3.63, 3.8) is 0 Å². The molecule has 0 aliphatic carbocycles. The Bertz CT molecular complexity index is 474. The highest BCUT2D eigenvalue weighted by atomic mass is 19.1. The van der Waals surface area contributed by atoms with Gasteiger partial charge in [-0.15, -0.1) is 0 Å². The van der Waals surface area contributed by atoms with Crippen LogP contribution in [-0.4, -0.2) is 19.2 Å². The Hall–Kier alpha value is -1.65. The van der Waals surface area contributed by atoms with Crippen LogP contribution in [0.5, 0.6) is 5.75 Å². The van der Waals surface area contributed by atoms with E-state index >= 15 is 0 Å². The average molecular weight is 256 g/mol. The normalized spacial score (nSPS) is 22.0. The van der Waals surface area contributed by atoms with Crippen molar-refractivity contribution in [3.8, 4) is 5.75 Å². The van der Waals surface area contributed by atoms with Crippen molar-refractivity contribution in [3.05, 3.63) is 29.3 Å². The van der Waals surface area contributed by atoms with Gasteiger partial charge in [-0.25, -0.2) is 8.78 Å². The topological polar surface area (TPSA) is 35.5 Å². The largest absolute Gasteiger partial charge is 0.490 e. The molecule has 2 unspecified atom stereocenters. The maximum atomic E-state index is 13.8. The zero-order chi connectivity index (χ0) is 13.3. The molecule has 1 aliphatic rings. The number of carbonyl (C=O) groups excluding carboxylic acids is 1. The summed E-state index contributed by atoms with van der Waals surface area (Å²) in [5.41, 5.74) is -0.0350. The SMILES string of the molecule is CCOC(=O)C1c2c(F)ccc(F)c2OCC1C. The summed E-state index contributed by atoms with van der Waals surface area (Å²) in [5.74, 6) is -3.09. The quantitative estimate of drug-likeness (QED) is 0.763. The number of halogens is 2. The first-order chi connectivity index (χ1) is 8.56. The van der Waals surface area contributed by atoms with Crippen molar-refractivity contribution in [2.24, 2.45) is 5.92 Å². The van der Waals surface area contributed by atoms with E-state index in [-0.39, 0.29) is 30.4 Å². The minimum absolute atomic E-state index is 0.0350. The first kappa shape index (κ1) is 12.8. The molecule has 3 nitrogen and oxygen atoms in total. The monoisotopic (exact) mass is 256 g/mol. The van der Waals surface area contributed by atoms with Crippen LogP contribution in [0.4, 0.5) is 8.78 Å². The van der Waals surface area contributed by atoms with Crippen LogP contribution in [0.15, 0.2) is 12.1 Å². The van der Waals surface area contributed by atoms with Crippen LogP contribution in [0.3, 0.4) is 0 Å². The molecule has 0 saturated heterocycles. The van der Waals surface area contributed by atoms with E-state index in [2.05, 4.69) is 0 Å². The third-order valence-electron chi connectivity index (χ3n) is 3.01. The number of ether oxygens (including phenoxy) is 2. The highest BCUT2D eigenvalue weighted by Gasteiger charge is 2.38. The summed E-state index contributed by atoms with van der Waals surface area (Å²) in [6.07, 6.45) is 0. The van der Waals surface area contributed by atoms with Gasteiger partial charge in [0, 0.05) is 11.5 Å². The molecule has 1 aromatic rings. The Morgan fingerprint density at radius 3 is 2.78 bits per heavy atom. The maximum Gasteiger partial charge on any atom is 0.314 e. The van der Waals surface area contributed by atoms with Crippen molar-refractivity contribution in [1.29, 1.82) is 0 Å². The molecule has 0 amide bonds. The first-order valence-electron chi connectivity index (χ1n) is 5.83. The van der Waals surface area contributed by atoms with E-state index in [0.29, 0.717) is 0 Å². The highest BCUT2D eigenvalue weighted by Crippen LogP contribution is 2.40. The van der Waals surface area contributed by atoms with Crippen LogP contribution in [0.1, 0.15) is 25.3 Å². The van der Waals surface area contributed by atoms with Gasteiger partial charge in [0.25, 0.3) is 0 Å². The van der Waals surface area contributed by atoms with Crippen molar-refractivity contribution >= 4 is 5.97 Å². The zero-order valence-electron chi connectivity index (χ0n) is 10.2. The lowest BCUT2D eigenvalue weighted by Gasteiger charge is -2.30. The molecule has 0 spiro atoms. The summed E-state index contributed by atoms with van der Waals surface area (Å²) >= 11 is 0. The predicted octanol–water partition coefficient (Wildman–Crippen LogP) is 2.64.